The molecule has 0 bridgehead atoms. The van der Waals surface area contributed by atoms with Crippen molar-refractivity contribution in [1.82, 2.24) is 9.80 Å². The maximum Gasteiger partial charge on any atom is 0.326 e. The number of halogens is 1. The number of esters is 1. The summed E-state index contributed by atoms with van der Waals surface area (Å²) in [6.07, 6.45) is 0. The molecule has 0 fully saturated rings. The van der Waals surface area contributed by atoms with E-state index in [1.165, 1.54) is 4.90 Å². The largest absolute Gasteiger partial charge is 0.484 e. The standard InChI is InChI=1S/C18H27ClN2O4/c1-18(2,3)25-17(23)12-21(10-9-20(4)5)16(22)13-24-15-8-6-7-14(19)11-15/h6-8,11H,9-10,12-13H2,1-5H3. The lowest BCUT2D eigenvalue weighted by Crippen LogP contribution is -2.43. The number of nitrogens with zero attached hydrogens (tertiary/aromatic N) is 2. The van der Waals surface area contributed by atoms with Crippen LogP contribution in [0.4, 0.5) is 0 Å². The maximum atomic E-state index is 12.5. The summed E-state index contributed by atoms with van der Waals surface area (Å²) in [5.41, 5.74) is -0.593. The van der Waals surface area contributed by atoms with Crippen molar-refractivity contribution >= 4 is 23.5 Å². The molecule has 1 amide bonds. The molecule has 1 aromatic carbocycles. The molecule has 25 heavy (non-hydrogen) atoms. The molecule has 0 aliphatic rings. The van der Waals surface area contributed by atoms with Crippen molar-refractivity contribution in [3.05, 3.63) is 29.3 Å². The lowest BCUT2D eigenvalue weighted by Gasteiger charge is -2.26. The quantitative estimate of drug-likeness (QED) is 0.658. The molecular weight excluding hydrogens is 344 g/mol. The minimum atomic E-state index is -0.593. The Morgan fingerprint density at radius 2 is 1.84 bits per heavy atom. The van der Waals surface area contributed by atoms with Crippen LogP contribution in [0.1, 0.15) is 20.8 Å². The second kappa shape index (κ2) is 9.63. The first-order valence-corrected chi connectivity index (χ1v) is 8.47. The molecule has 0 N–H and O–H groups in total. The van der Waals surface area contributed by atoms with E-state index in [2.05, 4.69) is 0 Å². The molecule has 0 aliphatic carbocycles. The second-order valence-corrected chi connectivity index (χ2v) is 7.39. The average molecular weight is 371 g/mol. The molecule has 0 heterocycles. The number of benzene rings is 1. The summed E-state index contributed by atoms with van der Waals surface area (Å²) < 4.78 is 10.8. The number of rotatable bonds is 8. The molecule has 0 saturated heterocycles. The molecule has 0 unspecified atom stereocenters. The Kier molecular flexibility index (Phi) is 8.19. The fourth-order valence-electron chi connectivity index (χ4n) is 1.94. The van der Waals surface area contributed by atoms with Crippen LogP contribution in [-0.2, 0) is 14.3 Å². The first-order chi connectivity index (χ1) is 11.6. The number of amides is 1. The average Bonchev–Trinajstić information content (AvgIpc) is 2.47. The van der Waals surface area contributed by atoms with E-state index in [0.717, 1.165) is 0 Å². The van der Waals surface area contributed by atoms with Gasteiger partial charge in [-0.05, 0) is 53.1 Å². The molecule has 0 saturated carbocycles. The van der Waals surface area contributed by atoms with Gasteiger partial charge in [0.1, 0.15) is 17.9 Å². The molecule has 0 aliphatic heterocycles. The third-order valence-corrected chi connectivity index (χ3v) is 3.30. The third-order valence-electron chi connectivity index (χ3n) is 3.07. The van der Waals surface area contributed by atoms with Crippen molar-refractivity contribution in [2.24, 2.45) is 0 Å². The van der Waals surface area contributed by atoms with Crippen LogP contribution in [0.3, 0.4) is 0 Å². The summed E-state index contributed by atoms with van der Waals surface area (Å²) in [6.45, 7) is 6.13. The predicted octanol–water partition coefficient (Wildman–Crippen LogP) is 2.45. The van der Waals surface area contributed by atoms with Gasteiger partial charge < -0.3 is 19.3 Å². The second-order valence-electron chi connectivity index (χ2n) is 6.95. The van der Waals surface area contributed by atoms with Crippen molar-refractivity contribution < 1.29 is 19.1 Å². The highest BCUT2D eigenvalue weighted by molar-refractivity contribution is 6.30. The van der Waals surface area contributed by atoms with Crippen LogP contribution < -0.4 is 4.74 Å². The Morgan fingerprint density at radius 1 is 1.16 bits per heavy atom. The molecule has 7 heteroatoms. The van der Waals surface area contributed by atoms with Crippen LogP contribution in [-0.4, -0.2) is 67.6 Å². The Bertz CT molecular complexity index is 585. The van der Waals surface area contributed by atoms with Crippen LogP contribution in [0.15, 0.2) is 24.3 Å². The van der Waals surface area contributed by atoms with E-state index in [-0.39, 0.29) is 19.1 Å². The van der Waals surface area contributed by atoms with Gasteiger partial charge in [-0.15, -0.1) is 0 Å². The monoisotopic (exact) mass is 370 g/mol. The van der Waals surface area contributed by atoms with Crippen LogP contribution in [0.25, 0.3) is 0 Å². The van der Waals surface area contributed by atoms with Gasteiger partial charge in [-0.1, -0.05) is 17.7 Å². The summed E-state index contributed by atoms with van der Waals surface area (Å²) in [5.74, 6) is -0.222. The highest BCUT2D eigenvalue weighted by Gasteiger charge is 2.22. The van der Waals surface area contributed by atoms with Gasteiger partial charge in [-0.2, -0.15) is 0 Å². The van der Waals surface area contributed by atoms with E-state index in [4.69, 9.17) is 21.1 Å². The number of hydrogen-bond donors (Lipinski definition) is 0. The maximum absolute atomic E-state index is 12.5. The van der Waals surface area contributed by atoms with Gasteiger partial charge >= 0.3 is 5.97 Å². The fraction of sp³-hybridized carbons (Fsp3) is 0.556. The zero-order valence-electron chi connectivity index (χ0n) is 15.5. The Hall–Kier alpha value is -1.79. The topological polar surface area (TPSA) is 59.1 Å². The molecule has 6 nitrogen and oxygen atoms in total. The fourth-order valence-corrected chi connectivity index (χ4v) is 2.12. The number of ether oxygens (including phenoxy) is 2. The lowest BCUT2D eigenvalue weighted by molar-refractivity contribution is -0.159. The smallest absolute Gasteiger partial charge is 0.326 e. The summed E-state index contributed by atoms with van der Waals surface area (Å²) in [4.78, 5) is 27.9. The minimum Gasteiger partial charge on any atom is -0.484 e. The zero-order chi connectivity index (χ0) is 19.0. The lowest BCUT2D eigenvalue weighted by atomic mass is 10.2. The van der Waals surface area contributed by atoms with Crippen LogP contribution in [0.5, 0.6) is 5.75 Å². The molecule has 0 spiro atoms. The van der Waals surface area contributed by atoms with Gasteiger partial charge in [0, 0.05) is 18.1 Å². The van der Waals surface area contributed by atoms with E-state index in [1.54, 1.807) is 45.0 Å². The molecule has 1 aromatic rings. The number of carbonyl (C=O) groups is 2. The van der Waals surface area contributed by atoms with Crippen molar-refractivity contribution in [3.63, 3.8) is 0 Å². The Labute approximate surface area is 154 Å². The highest BCUT2D eigenvalue weighted by atomic mass is 35.5. The molecule has 0 radical (unpaired) electrons. The van der Waals surface area contributed by atoms with E-state index < -0.39 is 11.6 Å². The minimum absolute atomic E-state index is 0.108. The van der Waals surface area contributed by atoms with Crippen molar-refractivity contribution in [1.29, 1.82) is 0 Å². The van der Waals surface area contributed by atoms with Crippen molar-refractivity contribution in [3.8, 4) is 5.75 Å². The zero-order valence-corrected chi connectivity index (χ0v) is 16.3. The van der Waals surface area contributed by atoms with Gasteiger partial charge in [0.25, 0.3) is 5.91 Å². The highest BCUT2D eigenvalue weighted by Crippen LogP contribution is 2.17. The normalized spacial score (nSPS) is 11.3. The van der Waals surface area contributed by atoms with Crippen molar-refractivity contribution in [2.45, 2.75) is 26.4 Å². The van der Waals surface area contributed by atoms with E-state index >= 15 is 0 Å². The first-order valence-electron chi connectivity index (χ1n) is 8.09. The summed E-state index contributed by atoms with van der Waals surface area (Å²) in [6, 6.07) is 6.82. The SMILES string of the molecule is CN(C)CCN(CC(=O)OC(C)(C)C)C(=O)COc1cccc(Cl)c1. The Morgan fingerprint density at radius 3 is 2.40 bits per heavy atom. The molecule has 0 atom stereocenters. The van der Waals surface area contributed by atoms with Crippen LogP contribution in [0.2, 0.25) is 5.02 Å². The van der Waals surface area contributed by atoms with Crippen LogP contribution >= 0.6 is 11.6 Å². The summed E-state index contributed by atoms with van der Waals surface area (Å²) in [7, 11) is 3.80. The number of carbonyl (C=O) groups excluding carboxylic acids is 2. The molecule has 0 aromatic heterocycles. The molecule has 1 rings (SSSR count). The third kappa shape index (κ3) is 9.31. The molecular formula is C18H27ClN2O4. The Balaban J connectivity index is 2.66. The molecule has 140 valence electrons. The summed E-state index contributed by atoms with van der Waals surface area (Å²) in [5, 5.41) is 0.531. The first kappa shape index (κ1) is 21.3. The van der Waals surface area contributed by atoms with Crippen molar-refractivity contribution in [2.75, 3.05) is 40.3 Å². The van der Waals surface area contributed by atoms with E-state index in [0.29, 0.717) is 23.9 Å². The van der Waals surface area contributed by atoms with Gasteiger partial charge in [-0.25, -0.2) is 0 Å². The van der Waals surface area contributed by atoms with Gasteiger partial charge in [0.2, 0.25) is 0 Å². The van der Waals surface area contributed by atoms with Crippen LogP contribution in [0, 0.1) is 0 Å². The predicted molar refractivity (Wildman–Crippen MR) is 97.9 cm³/mol. The van der Waals surface area contributed by atoms with Gasteiger partial charge in [-0.3, -0.25) is 9.59 Å². The number of hydrogen-bond acceptors (Lipinski definition) is 5. The van der Waals surface area contributed by atoms with Gasteiger partial charge in [0.15, 0.2) is 6.61 Å². The van der Waals surface area contributed by atoms with E-state index in [1.807, 2.05) is 19.0 Å². The van der Waals surface area contributed by atoms with Gasteiger partial charge in [0.05, 0.1) is 0 Å². The summed E-state index contributed by atoms with van der Waals surface area (Å²) >= 11 is 5.90. The van der Waals surface area contributed by atoms with E-state index in [9.17, 15) is 9.59 Å². The number of likely N-dealkylation sites (N-methyl/N-ethyl adjacent to an activating group) is 1.